The van der Waals surface area contributed by atoms with Crippen molar-refractivity contribution in [3.8, 4) is 28.7 Å². The molecule has 1 aliphatic heterocycles. The Kier molecular flexibility index (Phi) is 5.31. The van der Waals surface area contributed by atoms with Crippen LogP contribution in [-0.4, -0.2) is 40.3 Å². The minimum absolute atomic E-state index is 0.154. The van der Waals surface area contributed by atoms with Crippen molar-refractivity contribution < 1.29 is 28.5 Å². The molecule has 0 N–H and O–H groups in total. The van der Waals surface area contributed by atoms with E-state index >= 15 is 0 Å². The molecule has 26 heavy (non-hydrogen) atoms. The molecule has 0 aromatic heterocycles. The highest BCUT2D eigenvalue weighted by Gasteiger charge is 2.16. The third-order valence-electron chi connectivity index (χ3n) is 3.98. The topological polar surface area (TPSA) is 63.2 Å². The van der Waals surface area contributed by atoms with Gasteiger partial charge in [-0.05, 0) is 42.5 Å². The first-order valence-corrected chi connectivity index (χ1v) is 8.09. The molecule has 0 radical (unpaired) electrons. The van der Waals surface area contributed by atoms with Gasteiger partial charge in [0, 0.05) is 11.1 Å². The number of allylic oxidation sites excluding steroid dienone is 1. The van der Waals surface area contributed by atoms with E-state index in [-0.39, 0.29) is 5.78 Å². The fourth-order valence-corrected chi connectivity index (χ4v) is 2.71. The highest BCUT2D eigenvalue weighted by molar-refractivity contribution is 6.07. The van der Waals surface area contributed by atoms with Gasteiger partial charge in [-0.25, -0.2) is 0 Å². The second-order valence-electron chi connectivity index (χ2n) is 5.48. The zero-order valence-electron chi connectivity index (χ0n) is 14.9. The number of hydrogen-bond acceptors (Lipinski definition) is 6. The molecule has 0 aliphatic carbocycles. The number of hydrogen-bond donors (Lipinski definition) is 0. The van der Waals surface area contributed by atoms with Crippen LogP contribution in [0.1, 0.15) is 15.9 Å². The fourth-order valence-electron chi connectivity index (χ4n) is 2.71. The predicted octanol–water partition coefficient (Wildman–Crippen LogP) is 3.38. The van der Waals surface area contributed by atoms with Crippen molar-refractivity contribution in [2.24, 2.45) is 0 Å². The molecule has 0 bridgehead atoms. The van der Waals surface area contributed by atoms with Crippen molar-refractivity contribution >= 4 is 11.9 Å². The summed E-state index contributed by atoms with van der Waals surface area (Å²) in [6.45, 7) is 0.989. The second-order valence-corrected chi connectivity index (χ2v) is 5.48. The van der Waals surface area contributed by atoms with E-state index in [1.807, 2.05) is 0 Å². The van der Waals surface area contributed by atoms with Gasteiger partial charge in [-0.1, -0.05) is 0 Å². The average molecular weight is 356 g/mol. The molecule has 0 amide bonds. The van der Waals surface area contributed by atoms with Crippen LogP contribution in [0, 0.1) is 0 Å². The Balaban J connectivity index is 1.86. The molecule has 1 heterocycles. The minimum atomic E-state index is -0.154. The summed E-state index contributed by atoms with van der Waals surface area (Å²) in [5.41, 5.74) is 1.22. The Morgan fingerprint density at radius 3 is 2.35 bits per heavy atom. The zero-order valence-corrected chi connectivity index (χ0v) is 14.9. The lowest BCUT2D eigenvalue weighted by Gasteiger charge is -2.18. The minimum Gasteiger partial charge on any atom is -0.493 e. The Morgan fingerprint density at radius 1 is 0.923 bits per heavy atom. The SMILES string of the molecule is COc1ccc(C=CC(=O)c2ccc3c(c2)OCCO3)c(OC)c1OC. The quantitative estimate of drug-likeness (QED) is 0.584. The molecule has 0 spiro atoms. The first kappa shape index (κ1) is 17.7. The number of benzene rings is 2. The number of carbonyl (C=O) groups is 1. The molecule has 2 aromatic carbocycles. The first-order chi connectivity index (χ1) is 12.7. The Labute approximate surface area is 151 Å². The summed E-state index contributed by atoms with van der Waals surface area (Å²) in [7, 11) is 4.63. The summed E-state index contributed by atoms with van der Waals surface area (Å²) in [4.78, 5) is 12.5. The lowest BCUT2D eigenvalue weighted by atomic mass is 10.1. The number of fused-ring (bicyclic) bond motifs is 1. The van der Waals surface area contributed by atoms with Crippen LogP contribution >= 0.6 is 0 Å². The van der Waals surface area contributed by atoms with Gasteiger partial charge in [-0.3, -0.25) is 4.79 Å². The third-order valence-corrected chi connectivity index (χ3v) is 3.98. The maximum absolute atomic E-state index is 12.5. The number of rotatable bonds is 6. The van der Waals surface area contributed by atoms with Crippen LogP contribution in [0.2, 0.25) is 0 Å². The summed E-state index contributed by atoms with van der Waals surface area (Å²) < 4.78 is 27.0. The van der Waals surface area contributed by atoms with Gasteiger partial charge >= 0.3 is 0 Å². The molecule has 0 unspecified atom stereocenters. The van der Waals surface area contributed by atoms with Crippen molar-refractivity contribution in [1.82, 2.24) is 0 Å². The van der Waals surface area contributed by atoms with Gasteiger partial charge in [0.15, 0.2) is 28.8 Å². The highest BCUT2D eigenvalue weighted by atomic mass is 16.6. The fraction of sp³-hybridized carbons (Fsp3) is 0.250. The van der Waals surface area contributed by atoms with Crippen LogP contribution in [0.5, 0.6) is 28.7 Å². The lowest BCUT2D eigenvalue weighted by Crippen LogP contribution is -2.15. The molecule has 0 saturated heterocycles. The van der Waals surface area contributed by atoms with Crippen LogP contribution in [0.15, 0.2) is 36.4 Å². The smallest absolute Gasteiger partial charge is 0.203 e. The van der Waals surface area contributed by atoms with Crippen molar-refractivity contribution in [3.05, 3.63) is 47.5 Å². The molecule has 0 saturated carbocycles. The molecule has 0 fully saturated rings. The van der Waals surface area contributed by atoms with Gasteiger partial charge < -0.3 is 23.7 Å². The largest absolute Gasteiger partial charge is 0.493 e. The van der Waals surface area contributed by atoms with Gasteiger partial charge in [0.1, 0.15) is 13.2 Å². The molecule has 1 aliphatic rings. The lowest BCUT2D eigenvalue weighted by molar-refractivity contribution is 0.104. The summed E-state index contributed by atoms with van der Waals surface area (Å²) in [6, 6.07) is 8.70. The number of methoxy groups -OCH3 is 3. The van der Waals surface area contributed by atoms with Gasteiger partial charge in [-0.15, -0.1) is 0 Å². The number of ether oxygens (including phenoxy) is 5. The van der Waals surface area contributed by atoms with E-state index in [0.29, 0.717) is 53.1 Å². The molecule has 136 valence electrons. The molecule has 6 heteroatoms. The standard InChI is InChI=1S/C20H20O6/c1-22-17-9-5-13(19(23-2)20(17)24-3)4-7-15(21)14-6-8-16-18(12-14)26-11-10-25-16/h4-9,12H,10-11H2,1-3H3. The van der Waals surface area contributed by atoms with E-state index in [2.05, 4.69) is 0 Å². The van der Waals surface area contributed by atoms with Gasteiger partial charge in [0.2, 0.25) is 5.75 Å². The van der Waals surface area contributed by atoms with E-state index in [1.165, 1.54) is 20.3 Å². The van der Waals surface area contributed by atoms with Crippen LogP contribution in [0.4, 0.5) is 0 Å². The van der Waals surface area contributed by atoms with Crippen LogP contribution in [0.25, 0.3) is 6.08 Å². The van der Waals surface area contributed by atoms with E-state index in [0.717, 1.165) is 0 Å². The third kappa shape index (κ3) is 3.44. The van der Waals surface area contributed by atoms with Crippen molar-refractivity contribution in [2.45, 2.75) is 0 Å². The number of ketones is 1. The summed E-state index contributed by atoms with van der Waals surface area (Å²) >= 11 is 0. The first-order valence-electron chi connectivity index (χ1n) is 8.09. The maximum Gasteiger partial charge on any atom is 0.203 e. The van der Waals surface area contributed by atoms with Crippen molar-refractivity contribution in [2.75, 3.05) is 34.5 Å². The Bertz CT molecular complexity index is 840. The molecular weight excluding hydrogens is 336 g/mol. The number of carbonyl (C=O) groups excluding carboxylic acids is 1. The predicted molar refractivity (Wildman–Crippen MR) is 96.9 cm³/mol. The normalized spacial score (nSPS) is 12.7. The van der Waals surface area contributed by atoms with Gasteiger partial charge in [0.25, 0.3) is 0 Å². The zero-order chi connectivity index (χ0) is 18.5. The Hall–Kier alpha value is -3.15. The summed E-state index contributed by atoms with van der Waals surface area (Å²) in [6.07, 6.45) is 3.16. The van der Waals surface area contributed by atoms with Gasteiger partial charge in [0.05, 0.1) is 21.3 Å². The highest BCUT2D eigenvalue weighted by Crippen LogP contribution is 2.40. The molecule has 2 aromatic rings. The molecule has 0 atom stereocenters. The maximum atomic E-state index is 12.5. The van der Waals surface area contributed by atoms with Crippen LogP contribution < -0.4 is 23.7 Å². The van der Waals surface area contributed by atoms with E-state index in [4.69, 9.17) is 23.7 Å². The molecular formula is C20H20O6. The monoisotopic (exact) mass is 356 g/mol. The van der Waals surface area contributed by atoms with Crippen LogP contribution in [-0.2, 0) is 0 Å². The van der Waals surface area contributed by atoms with E-state index in [1.54, 1.807) is 43.5 Å². The summed E-state index contributed by atoms with van der Waals surface area (Å²) in [5.74, 6) is 2.61. The van der Waals surface area contributed by atoms with Crippen LogP contribution in [0.3, 0.4) is 0 Å². The van der Waals surface area contributed by atoms with Crippen molar-refractivity contribution in [1.29, 1.82) is 0 Å². The van der Waals surface area contributed by atoms with Gasteiger partial charge in [-0.2, -0.15) is 0 Å². The average Bonchev–Trinajstić information content (AvgIpc) is 2.70. The summed E-state index contributed by atoms with van der Waals surface area (Å²) in [5, 5.41) is 0. The van der Waals surface area contributed by atoms with Crippen molar-refractivity contribution in [3.63, 3.8) is 0 Å². The second kappa shape index (κ2) is 7.82. The van der Waals surface area contributed by atoms with E-state index < -0.39 is 0 Å². The Morgan fingerprint density at radius 2 is 1.65 bits per heavy atom. The molecule has 6 nitrogen and oxygen atoms in total. The molecule has 3 rings (SSSR count). The van der Waals surface area contributed by atoms with E-state index in [9.17, 15) is 4.79 Å².